The molecule has 7 heteroatoms. The highest BCUT2D eigenvalue weighted by atomic mass is 32.1. The van der Waals surface area contributed by atoms with Crippen molar-refractivity contribution in [2.75, 3.05) is 10.6 Å². The van der Waals surface area contributed by atoms with Gasteiger partial charge in [-0.15, -0.1) is 11.3 Å². The second-order valence-electron chi connectivity index (χ2n) is 7.15. The molecule has 1 saturated carbocycles. The Bertz CT molecular complexity index is 1140. The van der Waals surface area contributed by atoms with Crippen molar-refractivity contribution < 1.29 is 4.39 Å². The molecule has 0 radical (unpaired) electrons. The summed E-state index contributed by atoms with van der Waals surface area (Å²) >= 11 is 1.65. The van der Waals surface area contributed by atoms with Crippen molar-refractivity contribution in [2.45, 2.75) is 39.3 Å². The van der Waals surface area contributed by atoms with Gasteiger partial charge in [0.25, 0.3) is 0 Å². The van der Waals surface area contributed by atoms with E-state index in [4.69, 9.17) is 4.98 Å². The number of halogens is 1. The van der Waals surface area contributed by atoms with Gasteiger partial charge in [-0.1, -0.05) is 12.1 Å². The predicted molar refractivity (Wildman–Crippen MR) is 109 cm³/mol. The molecule has 1 aliphatic rings. The summed E-state index contributed by atoms with van der Waals surface area (Å²) in [4.78, 5) is 5.86. The first-order chi connectivity index (χ1) is 13.1. The van der Waals surface area contributed by atoms with Gasteiger partial charge in [0.1, 0.15) is 10.6 Å². The van der Waals surface area contributed by atoms with E-state index in [1.165, 1.54) is 30.5 Å². The van der Waals surface area contributed by atoms with Crippen molar-refractivity contribution in [2.24, 2.45) is 0 Å². The van der Waals surface area contributed by atoms with Crippen molar-refractivity contribution in [1.82, 2.24) is 15.2 Å². The highest BCUT2D eigenvalue weighted by molar-refractivity contribution is 7.26. The third kappa shape index (κ3) is 2.92. The maximum Gasteiger partial charge on any atom is 0.166 e. The lowest BCUT2D eigenvalue weighted by atomic mass is 10.1. The summed E-state index contributed by atoms with van der Waals surface area (Å²) < 4.78 is 14.1. The van der Waals surface area contributed by atoms with Crippen LogP contribution in [0.15, 0.2) is 24.3 Å². The van der Waals surface area contributed by atoms with E-state index in [1.54, 1.807) is 23.5 Å². The van der Waals surface area contributed by atoms with Crippen LogP contribution in [0.3, 0.4) is 0 Å². The topological polar surface area (TPSA) is 65.6 Å². The van der Waals surface area contributed by atoms with E-state index in [0.717, 1.165) is 43.2 Å². The van der Waals surface area contributed by atoms with E-state index in [2.05, 4.69) is 34.7 Å². The molecule has 0 amide bonds. The molecular weight excluding hydrogens is 361 g/mol. The van der Waals surface area contributed by atoms with Crippen LogP contribution in [0, 0.1) is 19.7 Å². The molecule has 3 heterocycles. The van der Waals surface area contributed by atoms with Crippen molar-refractivity contribution in [3.05, 3.63) is 46.9 Å². The zero-order valence-electron chi connectivity index (χ0n) is 15.2. The zero-order chi connectivity index (χ0) is 18.5. The number of fused-ring (bicyclic) bond motifs is 3. The summed E-state index contributed by atoms with van der Waals surface area (Å²) in [5.74, 6) is 0.587. The number of rotatable bonds is 5. The summed E-state index contributed by atoms with van der Waals surface area (Å²) in [6.07, 6.45) is 2.47. The molecule has 3 aromatic heterocycles. The summed E-state index contributed by atoms with van der Waals surface area (Å²) in [6.45, 7) is 4.81. The Balaban J connectivity index is 1.51. The number of anilines is 2. The average Bonchev–Trinajstić information content (AvgIpc) is 3.29. The molecule has 5 rings (SSSR count). The molecule has 1 aromatic carbocycles. The number of aromatic amines is 1. The number of aryl methyl sites for hydroxylation is 2. The SMILES string of the molecule is Cc1nc2sc3c(NCc4ccc(F)cc4)n[nH]c3c2c(C)c1NC1CC1. The monoisotopic (exact) mass is 381 g/mol. The third-order valence-corrected chi connectivity index (χ3v) is 6.15. The van der Waals surface area contributed by atoms with Crippen molar-refractivity contribution in [3.8, 4) is 0 Å². The molecule has 0 atom stereocenters. The first-order valence-corrected chi connectivity index (χ1v) is 9.94. The van der Waals surface area contributed by atoms with Gasteiger partial charge in [0.05, 0.1) is 21.6 Å². The number of nitrogens with one attached hydrogen (secondary N) is 3. The Labute approximate surface area is 160 Å². The summed E-state index contributed by atoms with van der Waals surface area (Å²) in [7, 11) is 0. The van der Waals surface area contributed by atoms with Gasteiger partial charge in [0.2, 0.25) is 0 Å². The second kappa shape index (κ2) is 6.20. The molecule has 0 aliphatic heterocycles. The Morgan fingerprint density at radius 3 is 2.74 bits per heavy atom. The maximum absolute atomic E-state index is 13.1. The van der Waals surface area contributed by atoms with Gasteiger partial charge < -0.3 is 10.6 Å². The lowest BCUT2D eigenvalue weighted by Crippen LogP contribution is -2.06. The lowest BCUT2D eigenvalue weighted by molar-refractivity contribution is 0.627. The Hall–Kier alpha value is -2.67. The number of hydrogen-bond donors (Lipinski definition) is 3. The Morgan fingerprint density at radius 1 is 1.22 bits per heavy atom. The normalized spacial score (nSPS) is 14.2. The zero-order valence-corrected chi connectivity index (χ0v) is 16.0. The molecule has 27 heavy (non-hydrogen) atoms. The first-order valence-electron chi connectivity index (χ1n) is 9.13. The van der Waals surface area contributed by atoms with Gasteiger partial charge in [-0.3, -0.25) is 5.10 Å². The summed E-state index contributed by atoms with van der Waals surface area (Å²) in [5, 5.41) is 15.8. The molecule has 1 aliphatic carbocycles. The van der Waals surface area contributed by atoms with E-state index in [1.807, 2.05) is 0 Å². The fourth-order valence-corrected chi connectivity index (χ4v) is 4.64. The van der Waals surface area contributed by atoms with Crippen LogP contribution in [0.4, 0.5) is 15.9 Å². The second-order valence-corrected chi connectivity index (χ2v) is 8.15. The van der Waals surface area contributed by atoms with Gasteiger partial charge in [-0.25, -0.2) is 9.37 Å². The fraction of sp³-hybridized carbons (Fsp3) is 0.300. The molecule has 0 unspecified atom stereocenters. The highest BCUT2D eigenvalue weighted by Crippen LogP contribution is 2.41. The molecule has 0 bridgehead atoms. The van der Waals surface area contributed by atoms with E-state index < -0.39 is 0 Å². The average molecular weight is 381 g/mol. The van der Waals surface area contributed by atoms with Crippen LogP contribution in [0.5, 0.6) is 0 Å². The van der Waals surface area contributed by atoms with Gasteiger partial charge >= 0.3 is 0 Å². The minimum atomic E-state index is -0.224. The minimum Gasteiger partial charge on any atom is -0.381 e. The van der Waals surface area contributed by atoms with Gasteiger partial charge in [0.15, 0.2) is 5.82 Å². The molecular formula is C20H20FN5S. The molecule has 3 N–H and O–H groups in total. The third-order valence-electron chi connectivity index (χ3n) is 5.06. The van der Waals surface area contributed by atoms with Crippen molar-refractivity contribution >= 4 is 43.3 Å². The number of aromatic nitrogens is 3. The minimum absolute atomic E-state index is 0.224. The fourth-order valence-electron chi connectivity index (χ4n) is 3.44. The smallest absolute Gasteiger partial charge is 0.166 e. The molecule has 4 aromatic rings. The number of H-pyrrole nitrogens is 1. The first kappa shape index (κ1) is 16.5. The van der Waals surface area contributed by atoms with Gasteiger partial charge in [-0.05, 0) is 49.9 Å². The van der Waals surface area contributed by atoms with E-state index >= 15 is 0 Å². The van der Waals surface area contributed by atoms with Crippen molar-refractivity contribution in [3.63, 3.8) is 0 Å². The maximum atomic E-state index is 13.1. The number of pyridine rings is 1. The molecule has 0 saturated heterocycles. The van der Waals surface area contributed by atoms with E-state index in [0.29, 0.717) is 12.6 Å². The predicted octanol–water partition coefficient (Wildman–Crippen LogP) is 5.11. The Kier molecular flexibility index (Phi) is 3.79. The number of hydrogen-bond acceptors (Lipinski definition) is 5. The van der Waals surface area contributed by atoms with Gasteiger partial charge in [0, 0.05) is 18.0 Å². The van der Waals surface area contributed by atoms with Crippen LogP contribution < -0.4 is 10.6 Å². The van der Waals surface area contributed by atoms with Crippen LogP contribution in [-0.2, 0) is 6.54 Å². The van der Waals surface area contributed by atoms with Crippen LogP contribution >= 0.6 is 11.3 Å². The summed E-state index contributed by atoms with van der Waals surface area (Å²) in [5.41, 5.74) is 5.46. The number of thiophene rings is 1. The van der Waals surface area contributed by atoms with Crippen LogP contribution in [0.2, 0.25) is 0 Å². The quantitative estimate of drug-likeness (QED) is 0.449. The van der Waals surface area contributed by atoms with Crippen LogP contribution in [0.1, 0.15) is 29.7 Å². The number of benzene rings is 1. The van der Waals surface area contributed by atoms with Gasteiger partial charge in [-0.2, -0.15) is 5.10 Å². The highest BCUT2D eigenvalue weighted by Gasteiger charge is 2.24. The standard InChI is InChI=1S/C20H20FN5S/c1-10-15-17-18(27-20(15)23-11(2)16(10)24-14-7-8-14)19(26-25-17)22-9-12-3-5-13(21)6-4-12/h3-6,14,24H,7-9H2,1-2H3,(H2,22,25,26). The summed E-state index contributed by atoms with van der Waals surface area (Å²) in [6, 6.07) is 7.09. The van der Waals surface area contributed by atoms with Crippen LogP contribution in [0.25, 0.3) is 20.4 Å². The molecule has 1 fully saturated rings. The largest absolute Gasteiger partial charge is 0.381 e. The van der Waals surface area contributed by atoms with Crippen LogP contribution in [-0.4, -0.2) is 21.2 Å². The van der Waals surface area contributed by atoms with E-state index in [-0.39, 0.29) is 5.82 Å². The van der Waals surface area contributed by atoms with E-state index in [9.17, 15) is 4.39 Å². The molecule has 5 nitrogen and oxygen atoms in total. The van der Waals surface area contributed by atoms with Crippen molar-refractivity contribution in [1.29, 1.82) is 0 Å². The molecule has 0 spiro atoms. The number of nitrogens with zero attached hydrogens (tertiary/aromatic N) is 2. The lowest BCUT2D eigenvalue weighted by Gasteiger charge is -2.12. The Morgan fingerprint density at radius 2 is 2.00 bits per heavy atom. The molecule has 138 valence electrons.